The van der Waals surface area contributed by atoms with Gasteiger partial charge in [0.15, 0.2) is 5.13 Å². The summed E-state index contributed by atoms with van der Waals surface area (Å²) in [6.07, 6.45) is 0. The van der Waals surface area contributed by atoms with Crippen molar-refractivity contribution in [1.29, 1.82) is 0 Å². The molecule has 0 fully saturated rings. The van der Waals surface area contributed by atoms with Crippen LogP contribution in [0.1, 0.15) is 15.4 Å². The third kappa shape index (κ3) is 3.79. The molecule has 0 aliphatic carbocycles. The van der Waals surface area contributed by atoms with Gasteiger partial charge in [-0.1, -0.05) is 30.3 Å². The lowest BCUT2D eigenvalue weighted by Crippen LogP contribution is -2.11. The lowest BCUT2D eigenvalue weighted by molar-refractivity contribution is 0.103. The standard InChI is InChI=1S/C20H14FN3OS2/c1-12-17(27-19(22-12)14-5-3-2-4-6-14)18(25)24-20-23-16(11-26-20)13-7-9-15(21)10-8-13/h2-11H,1H3,(H,23,24,25). The Hall–Kier alpha value is -2.90. The van der Waals surface area contributed by atoms with Gasteiger partial charge in [-0.2, -0.15) is 0 Å². The summed E-state index contributed by atoms with van der Waals surface area (Å²) in [7, 11) is 0. The van der Waals surface area contributed by atoms with Gasteiger partial charge in [0, 0.05) is 16.5 Å². The van der Waals surface area contributed by atoms with E-state index in [0.717, 1.165) is 16.1 Å². The molecule has 0 bridgehead atoms. The first-order valence-electron chi connectivity index (χ1n) is 8.16. The lowest BCUT2D eigenvalue weighted by atomic mass is 10.2. The van der Waals surface area contributed by atoms with Crippen LogP contribution < -0.4 is 5.32 Å². The van der Waals surface area contributed by atoms with Gasteiger partial charge in [-0.05, 0) is 31.2 Å². The summed E-state index contributed by atoms with van der Waals surface area (Å²) in [5, 5.41) is 5.96. The van der Waals surface area contributed by atoms with Gasteiger partial charge >= 0.3 is 0 Å². The third-order valence-corrected chi connectivity index (χ3v) is 5.85. The Kier molecular flexibility index (Phi) is 4.79. The minimum absolute atomic E-state index is 0.229. The van der Waals surface area contributed by atoms with Crippen LogP contribution in [0.25, 0.3) is 21.8 Å². The van der Waals surface area contributed by atoms with Crippen LogP contribution in [0.3, 0.4) is 0 Å². The quantitative estimate of drug-likeness (QED) is 0.487. The van der Waals surface area contributed by atoms with E-state index >= 15 is 0 Å². The predicted molar refractivity (Wildman–Crippen MR) is 108 cm³/mol. The number of halogens is 1. The van der Waals surface area contributed by atoms with E-state index < -0.39 is 0 Å². The normalized spacial score (nSPS) is 10.7. The number of amides is 1. The lowest BCUT2D eigenvalue weighted by Gasteiger charge is -1.99. The molecule has 0 atom stereocenters. The van der Waals surface area contributed by atoms with Gasteiger partial charge in [0.05, 0.1) is 11.4 Å². The molecule has 134 valence electrons. The Morgan fingerprint density at radius 1 is 1.00 bits per heavy atom. The highest BCUT2D eigenvalue weighted by atomic mass is 32.1. The molecule has 0 aliphatic rings. The van der Waals surface area contributed by atoms with Crippen LogP contribution in [-0.2, 0) is 0 Å². The largest absolute Gasteiger partial charge is 0.297 e. The second kappa shape index (κ2) is 7.38. The van der Waals surface area contributed by atoms with Crippen molar-refractivity contribution in [2.45, 2.75) is 6.92 Å². The molecule has 2 aromatic carbocycles. The Bertz CT molecular complexity index is 1090. The van der Waals surface area contributed by atoms with E-state index in [4.69, 9.17) is 0 Å². The van der Waals surface area contributed by atoms with Crippen LogP contribution in [0.5, 0.6) is 0 Å². The number of nitrogens with zero attached hydrogens (tertiary/aromatic N) is 2. The molecule has 2 aromatic heterocycles. The highest BCUT2D eigenvalue weighted by Crippen LogP contribution is 2.30. The number of hydrogen-bond acceptors (Lipinski definition) is 5. The van der Waals surface area contributed by atoms with Crippen molar-refractivity contribution in [2.75, 3.05) is 5.32 Å². The maximum atomic E-state index is 13.1. The highest BCUT2D eigenvalue weighted by Gasteiger charge is 2.17. The van der Waals surface area contributed by atoms with Crippen LogP contribution in [0.2, 0.25) is 0 Å². The van der Waals surface area contributed by atoms with E-state index in [1.165, 1.54) is 34.8 Å². The average molecular weight is 395 g/mol. The van der Waals surface area contributed by atoms with Gasteiger partial charge in [0.25, 0.3) is 5.91 Å². The van der Waals surface area contributed by atoms with Crippen molar-refractivity contribution in [3.05, 3.63) is 76.4 Å². The minimum Gasteiger partial charge on any atom is -0.297 e. The summed E-state index contributed by atoms with van der Waals surface area (Å²) in [6.45, 7) is 1.82. The number of hydrogen-bond donors (Lipinski definition) is 1. The van der Waals surface area contributed by atoms with Crippen molar-refractivity contribution < 1.29 is 9.18 Å². The molecular weight excluding hydrogens is 381 g/mol. The first-order valence-corrected chi connectivity index (χ1v) is 9.85. The van der Waals surface area contributed by atoms with E-state index in [1.54, 1.807) is 12.1 Å². The molecule has 0 saturated heterocycles. The monoisotopic (exact) mass is 395 g/mol. The molecule has 4 nitrogen and oxygen atoms in total. The molecular formula is C20H14FN3OS2. The third-order valence-electron chi connectivity index (χ3n) is 3.89. The summed E-state index contributed by atoms with van der Waals surface area (Å²) in [5.74, 6) is -0.524. The summed E-state index contributed by atoms with van der Waals surface area (Å²) in [6, 6.07) is 15.9. The number of aromatic nitrogens is 2. The second-order valence-corrected chi connectivity index (χ2v) is 7.66. The molecule has 1 N–H and O–H groups in total. The zero-order valence-corrected chi connectivity index (χ0v) is 15.9. The van der Waals surface area contributed by atoms with Crippen LogP contribution in [0, 0.1) is 12.7 Å². The number of nitrogens with one attached hydrogen (secondary N) is 1. The van der Waals surface area contributed by atoms with Crippen LogP contribution in [0.15, 0.2) is 60.0 Å². The van der Waals surface area contributed by atoms with E-state index in [1.807, 2.05) is 42.6 Å². The Labute approximate surface area is 163 Å². The molecule has 27 heavy (non-hydrogen) atoms. The summed E-state index contributed by atoms with van der Waals surface area (Å²) in [5.41, 5.74) is 3.17. The number of thiazole rings is 2. The van der Waals surface area contributed by atoms with E-state index in [2.05, 4.69) is 15.3 Å². The number of carbonyl (C=O) groups excluding carboxylic acids is 1. The SMILES string of the molecule is Cc1nc(-c2ccccc2)sc1C(=O)Nc1nc(-c2ccc(F)cc2)cs1. The molecule has 0 saturated carbocycles. The van der Waals surface area contributed by atoms with Crippen molar-refractivity contribution in [3.8, 4) is 21.8 Å². The van der Waals surface area contributed by atoms with Crippen molar-refractivity contribution in [1.82, 2.24) is 9.97 Å². The van der Waals surface area contributed by atoms with Gasteiger partial charge < -0.3 is 0 Å². The van der Waals surface area contributed by atoms with Gasteiger partial charge in [0.2, 0.25) is 0 Å². The Morgan fingerprint density at radius 3 is 2.48 bits per heavy atom. The highest BCUT2D eigenvalue weighted by molar-refractivity contribution is 7.17. The first-order chi connectivity index (χ1) is 13.1. The maximum absolute atomic E-state index is 13.1. The van der Waals surface area contributed by atoms with Crippen molar-refractivity contribution in [2.24, 2.45) is 0 Å². The summed E-state index contributed by atoms with van der Waals surface area (Å²) in [4.78, 5) is 22.1. The molecule has 4 rings (SSSR count). The number of carbonyl (C=O) groups is 1. The van der Waals surface area contributed by atoms with E-state index in [9.17, 15) is 9.18 Å². The van der Waals surface area contributed by atoms with Crippen molar-refractivity contribution >= 4 is 33.7 Å². The molecule has 0 radical (unpaired) electrons. The molecule has 7 heteroatoms. The number of aryl methyl sites for hydroxylation is 1. The maximum Gasteiger partial charge on any atom is 0.269 e. The fraction of sp³-hybridized carbons (Fsp3) is 0.0500. The van der Waals surface area contributed by atoms with Gasteiger partial charge in [-0.15, -0.1) is 22.7 Å². The Morgan fingerprint density at radius 2 is 1.74 bits per heavy atom. The van der Waals surface area contributed by atoms with Gasteiger partial charge in [-0.25, -0.2) is 14.4 Å². The van der Waals surface area contributed by atoms with Gasteiger partial charge in [-0.3, -0.25) is 10.1 Å². The van der Waals surface area contributed by atoms with Gasteiger partial charge in [0.1, 0.15) is 15.7 Å². The topological polar surface area (TPSA) is 54.9 Å². The van der Waals surface area contributed by atoms with E-state index in [-0.39, 0.29) is 11.7 Å². The minimum atomic E-state index is -0.294. The number of benzene rings is 2. The molecule has 0 spiro atoms. The second-order valence-electron chi connectivity index (χ2n) is 5.80. The smallest absolute Gasteiger partial charge is 0.269 e. The Balaban J connectivity index is 1.53. The molecule has 2 heterocycles. The molecule has 0 unspecified atom stereocenters. The summed E-state index contributed by atoms with van der Waals surface area (Å²) < 4.78 is 13.1. The predicted octanol–water partition coefficient (Wildman–Crippen LogP) is 5.63. The molecule has 1 amide bonds. The van der Waals surface area contributed by atoms with Crippen LogP contribution in [0.4, 0.5) is 9.52 Å². The van der Waals surface area contributed by atoms with Crippen LogP contribution >= 0.6 is 22.7 Å². The zero-order valence-electron chi connectivity index (χ0n) is 14.3. The fourth-order valence-corrected chi connectivity index (χ4v) is 4.23. The fourth-order valence-electron chi connectivity index (χ4n) is 2.55. The molecule has 0 aliphatic heterocycles. The zero-order chi connectivity index (χ0) is 18.8. The molecule has 4 aromatic rings. The number of rotatable bonds is 4. The first kappa shape index (κ1) is 17.5. The average Bonchev–Trinajstić information content (AvgIpc) is 3.30. The number of anilines is 1. The van der Waals surface area contributed by atoms with Crippen molar-refractivity contribution in [3.63, 3.8) is 0 Å². The summed E-state index contributed by atoms with van der Waals surface area (Å²) >= 11 is 2.68. The van der Waals surface area contributed by atoms with E-state index in [0.29, 0.717) is 21.4 Å². The van der Waals surface area contributed by atoms with Crippen LogP contribution in [-0.4, -0.2) is 15.9 Å².